The van der Waals surface area contributed by atoms with Gasteiger partial charge in [0.1, 0.15) is 5.69 Å². The molecule has 1 fully saturated rings. The Kier molecular flexibility index (Phi) is 3.99. The van der Waals surface area contributed by atoms with E-state index < -0.39 is 11.7 Å². The summed E-state index contributed by atoms with van der Waals surface area (Å²) in [6.45, 7) is 0.966. The summed E-state index contributed by atoms with van der Waals surface area (Å²) < 4.78 is 37.1. The third-order valence-corrected chi connectivity index (χ3v) is 3.32. The molecule has 0 N–H and O–H groups in total. The Balaban J connectivity index is 2.11. The molecule has 7 heteroatoms. The van der Waals surface area contributed by atoms with Crippen molar-refractivity contribution in [2.24, 2.45) is 0 Å². The van der Waals surface area contributed by atoms with Crippen LogP contribution in [0.4, 0.5) is 13.2 Å². The van der Waals surface area contributed by atoms with E-state index in [9.17, 15) is 18.0 Å². The highest BCUT2D eigenvalue weighted by Crippen LogP contribution is 2.28. The van der Waals surface area contributed by atoms with Gasteiger partial charge in [-0.3, -0.25) is 9.78 Å². The maximum atomic E-state index is 12.4. The van der Waals surface area contributed by atoms with E-state index in [1.165, 1.54) is 4.90 Å². The lowest BCUT2D eigenvalue weighted by Crippen LogP contribution is -2.40. The first-order valence-corrected chi connectivity index (χ1v) is 6.28. The highest BCUT2D eigenvalue weighted by molar-refractivity contribution is 6.21. The average Bonchev–Trinajstić information content (AvgIpc) is 2.37. The van der Waals surface area contributed by atoms with Gasteiger partial charge in [-0.2, -0.15) is 13.2 Å². The first-order valence-electron chi connectivity index (χ1n) is 5.84. The number of rotatable bonds is 1. The van der Waals surface area contributed by atoms with Crippen LogP contribution < -0.4 is 0 Å². The molecule has 1 unspecified atom stereocenters. The van der Waals surface area contributed by atoms with Crippen LogP contribution in [0, 0.1) is 0 Å². The van der Waals surface area contributed by atoms with Crippen LogP contribution in [-0.2, 0) is 6.18 Å². The van der Waals surface area contributed by atoms with Gasteiger partial charge < -0.3 is 4.90 Å². The predicted molar refractivity (Wildman–Crippen MR) is 64.0 cm³/mol. The highest BCUT2D eigenvalue weighted by Gasteiger charge is 2.31. The van der Waals surface area contributed by atoms with Gasteiger partial charge >= 0.3 is 6.18 Å². The number of piperidine rings is 1. The van der Waals surface area contributed by atoms with E-state index in [2.05, 4.69) is 4.98 Å². The van der Waals surface area contributed by atoms with Gasteiger partial charge in [-0.05, 0) is 25.0 Å². The number of hydrogen-bond acceptors (Lipinski definition) is 2. The van der Waals surface area contributed by atoms with E-state index >= 15 is 0 Å². The van der Waals surface area contributed by atoms with Gasteiger partial charge in [-0.1, -0.05) is 0 Å². The van der Waals surface area contributed by atoms with Crippen LogP contribution in [0.15, 0.2) is 18.3 Å². The van der Waals surface area contributed by atoms with E-state index in [-0.39, 0.29) is 17.0 Å². The molecule has 0 bridgehead atoms. The Morgan fingerprint density at radius 2 is 2.16 bits per heavy atom. The largest absolute Gasteiger partial charge is 0.417 e. The van der Waals surface area contributed by atoms with E-state index in [1.54, 1.807) is 0 Å². The van der Waals surface area contributed by atoms with Crippen molar-refractivity contribution in [1.29, 1.82) is 0 Å². The summed E-state index contributed by atoms with van der Waals surface area (Å²) >= 11 is 5.96. The van der Waals surface area contributed by atoms with Crippen LogP contribution in [0.25, 0.3) is 0 Å². The Labute approximate surface area is 113 Å². The van der Waals surface area contributed by atoms with E-state index in [0.29, 0.717) is 19.3 Å². The van der Waals surface area contributed by atoms with Crippen molar-refractivity contribution in [3.63, 3.8) is 0 Å². The van der Waals surface area contributed by atoms with Crippen molar-refractivity contribution in [2.45, 2.75) is 24.4 Å². The Bertz CT molecular complexity index is 461. The van der Waals surface area contributed by atoms with Crippen LogP contribution in [0.5, 0.6) is 0 Å². The smallest absolute Gasteiger partial charge is 0.336 e. The van der Waals surface area contributed by atoms with Gasteiger partial charge in [0.05, 0.1) is 10.9 Å². The van der Waals surface area contributed by atoms with Crippen molar-refractivity contribution in [1.82, 2.24) is 9.88 Å². The van der Waals surface area contributed by atoms with Crippen molar-refractivity contribution >= 4 is 17.5 Å². The number of aromatic nitrogens is 1. The third-order valence-electron chi connectivity index (χ3n) is 2.96. The molecule has 1 aromatic rings. The van der Waals surface area contributed by atoms with Gasteiger partial charge in [0, 0.05) is 19.3 Å². The van der Waals surface area contributed by atoms with Gasteiger partial charge in [-0.25, -0.2) is 0 Å². The summed E-state index contributed by atoms with van der Waals surface area (Å²) in [5.41, 5.74) is -0.850. The topological polar surface area (TPSA) is 33.2 Å². The second-order valence-corrected chi connectivity index (χ2v) is 5.04. The maximum Gasteiger partial charge on any atom is 0.417 e. The van der Waals surface area contributed by atoms with Crippen LogP contribution in [0.1, 0.15) is 28.9 Å². The molecule has 1 aliphatic heterocycles. The molecule has 0 aromatic carbocycles. The molecule has 2 rings (SSSR count). The molecule has 1 atom stereocenters. The predicted octanol–water partition coefficient (Wildman–Crippen LogP) is 2.94. The number of hydrogen-bond donors (Lipinski definition) is 0. The molecular weight excluding hydrogens is 281 g/mol. The summed E-state index contributed by atoms with van der Waals surface area (Å²) in [5, 5.41) is -0.104. The van der Waals surface area contributed by atoms with Crippen molar-refractivity contribution in [2.75, 3.05) is 13.1 Å². The number of carbonyl (C=O) groups is 1. The summed E-state index contributed by atoms with van der Waals surface area (Å²) in [6, 6.07) is 1.96. The first kappa shape index (κ1) is 14.1. The number of likely N-dealkylation sites (tertiary alicyclic amines) is 1. The number of alkyl halides is 4. The minimum absolute atomic E-state index is 0.0127. The number of carbonyl (C=O) groups excluding carboxylic acids is 1. The molecule has 2 heterocycles. The first-order chi connectivity index (χ1) is 8.88. The molecule has 1 saturated heterocycles. The van der Waals surface area contributed by atoms with Crippen molar-refractivity contribution < 1.29 is 18.0 Å². The van der Waals surface area contributed by atoms with Crippen molar-refractivity contribution in [3.05, 3.63) is 29.6 Å². The second kappa shape index (κ2) is 5.36. The zero-order valence-corrected chi connectivity index (χ0v) is 10.7. The van der Waals surface area contributed by atoms with Crippen LogP contribution in [0.2, 0.25) is 0 Å². The zero-order chi connectivity index (χ0) is 14.0. The monoisotopic (exact) mass is 292 g/mol. The average molecular weight is 293 g/mol. The van der Waals surface area contributed by atoms with Crippen LogP contribution >= 0.6 is 11.6 Å². The summed E-state index contributed by atoms with van der Waals surface area (Å²) in [6.07, 6.45) is -2.14. The molecule has 1 amide bonds. The minimum Gasteiger partial charge on any atom is -0.336 e. The van der Waals surface area contributed by atoms with Crippen LogP contribution in [0.3, 0.4) is 0 Å². The summed E-state index contributed by atoms with van der Waals surface area (Å²) in [5.74, 6) is -0.376. The molecule has 19 heavy (non-hydrogen) atoms. The Morgan fingerprint density at radius 3 is 2.68 bits per heavy atom. The lowest BCUT2D eigenvalue weighted by molar-refractivity contribution is -0.137. The molecule has 1 aliphatic rings. The fraction of sp³-hybridized carbons (Fsp3) is 0.500. The highest BCUT2D eigenvalue weighted by atomic mass is 35.5. The molecule has 104 valence electrons. The number of pyridine rings is 1. The SMILES string of the molecule is O=C(c1ccc(C(F)(F)F)cn1)N1CCCC(Cl)C1. The zero-order valence-electron chi connectivity index (χ0n) is 9.95. The fourth-order valence-electron chi connectivity index (χ4n) is 1.96. The van der Waals surface area contributed by atoms with Gasteiger partial charge in [-0.15, -0.1) is 11.6 Å². The minimum atomic E-state index is -4.44. The van der Waals surface area contributed by atoms with E-state index in [4.69, 9.17) is 11.6 Å². The number of halogens is 4. The molecule has 0 saturated carbocycles. The Morgan fingerprint density at radius 1 is 1.42 bits per heavy atom. The van der Waals surface area contributed by atoms with Gasteiger partial charge in [0.15, 0.2) is 0 Å². The van der Waals surface area contributed by atoms with Crippen molar-refractivity contribution in [3.8, 4) is 0 Å². The fourth-order valence-corrected chi connectivity index (χ4v) is 2.28. The lowest BCUT2D eigenvalue weighted by atomic mass is 10.1. The maximum absolute atomic E-state index is 12.4. The van der Waals surface area contributed by atoms with E-state index in [1.807, 2.05) is 0 Å². The molecule has 0 radical (unpaired) electrons. The second-order valence-electron chi connectivity index (χ2n) is 4.42. The lowest BCUT2D eigenvalue weighted by Gasteiger charge is -2.29. The summed E-state index contributed by atoms with van der Waals surface area (Å²) in [7, 11) is 0. The Hall–Kier alpha value is -1.30. The molecule has 1 aromatic heterocycles. The standard InChI is InChI=1S/C12H12ClF3N2O/c13-9-2-1-5-18(7-9)11(19)10-4-3-8(6-17-10)12(14,15)16/h3-4,6,9H,1-2,5,7H2. The molecule has 3 nitrogen and oxygen atoms in total. The normalized spacial score (nSPS) is 20.4. The van der Waals surface area contributed by atoms with Gasteiger partial charge in [0.2, 0.25) is 0 Å². The number of nitrogens with zero attached hydrogens (tertiary/aromatic N) is 2. The van der Waals surface area contributed by atoms with Gasteiger partial charge in [0.25, 0.3) is 5.91 Å². The van der Waals surface area contributed by atoms with E-state index in [0.717, 1.165) is 25.0 Å². The molecule has 0 spiro atoms. The third kappa shape index (κ3) is 3.37. The number of amides is 1. The molecule has 0 aliphatic carbocycles. The molecular formula is C12H12ClF3N2O. The quantitative estimate of drug-likeness (QED) is 0.746. The summed E-state index contributed by atoms with van der Waals surface area (Å²) in [4.78, 5) is 17.1. The van der Waals surface area contributed by atoms with Crippen LogP contribution in [-0.4, -0.2) is 34.3 Å².